The maximum absolute atomic E-state index is 5.28. The van der Waals surface area contributed by atoms with Crippen LogP contribution in [0.3, 0.4) is 0 Å². The highest BCUT2D eigenvalue weighted by atomic mass is 79.9. The fourth-order valence-electron chi connectivity index (χ4n) is 1.64. The van der Waals surface area contributed by atoms with Gasteiger partial charge in [0.25, 0.3) is 0 Å². The third-order valence-electron chi connectivity index (χ3n) is 2.34. The Balaban J connectivity index is 2.44. The molecule has 0 amide bonds. The van der Waals surface area contributed by atoms with E-state index in [0.717, 1.165) is 14.7 Å². The number of hydrogen-bond acceptors (Lipinski definition) is 3. The van der Waals surface area contributed by atoms with Crippen molar-refractivity contribution < 1.29 is 4.42 Å². The first-order valence-electron chi connectivity index (χ1n) is 4.79. The summed E-state index contributed by atoms with van der Waals surface area (Å²) in [5, 5.41) is 3.31. The Morgan fingerprint density at radius 2 is 2.19 bits per heavy atom. The Kier molecular flexibility index (Phi) is 3.89. The molecular formula is C11H11Br2NOS. The van der Waals surface area contributed by atoms with Gasteiger partial charge in [-0.3, -0.25) is 0 Å². The predicted molar refractivity (Wildman–Crippen MR) is 74.1 cm³/mol. The zero-order valence-electron chi connectivity index (χ0n) is 8.88. The zero-order chi connectivity index (χ0) is 11.7. The summed E-state index contributed by atoms with van der Waals surface area (Å²) >= 11 is 8.79. The van der Waals surface area contributed by atoms with Gasteiger partial charge in [-0.25, -0.2) is 0 Å². The largest absolute Gasteiger partial charge is 0.457 e. The highest BCUT2D eigenvalue weighted by molar-refractivity contribution is 9.10. The van der Waals surface area contributed by atoms with Gasteiger partial charge in [-0.1, -0.05) is 0 Å². The molecule has 0 spiro atoms. The first-order chi connectivity index (χ1) is 7.63. The zero-order valence-corrected chi connectivity index (χ0v) is 12.9. The molecule has 16 heavy (non-hydrogen) atoms. The molecule has 86 valence electrons. The maximum atomic E-state index is 5.28. The molecule has 2 rings (SSSR count). The lowest BCUT2D eigenvalue weighted by Crippen LogP contribution is -2.16. The van der Waals surface area contributed by atoms with Crippen LogP contribution in [-0.2, 0) is 0 Å². The van der Waals surface area contributed by atoms with Gasteiger partial charge in [-0.05, 0) is 58.0 Å². The molecule has 0 saturated carbocycles. The van der Waals surface area contributed by atoms with Crippen molar-refractivity contribution in [2.24, 2.45) is 0 Å². The molecule has 0 aliphatic carbocycles. The molecule has 0 radical (unpaired) electrons. The van der Waals surface area contributed by atoms with Gasteiger partial charge in [-0.15, -0.1) is 11.3 Å². The van der Waals surface area contributed by atoms with Crippen molar-refractivity contribution in [1.29, 1.82) is 0 Å². The number of nitrogens with one attached hydrogen (secondary N) is 1. The van der Waals surface area contributed by atoms with E-state index in [1.165, 1.54) is 9.75 Å². The predicted octanol–water partition coefficient (Wildman–Crippen LogP) is 4.48. The summed E-state index contributed by atoms with van der Waals surface area (Å²) in [7, 11) is 1.95. The van der Waals surface area contributed by atoms with Gasteiger partial charge in [0.05, 0.1) is 12.3 Å². The molecule has 1 atom stereocenters. The van der Waals surface area contributed by atoms with Crippen molar-refractivity contribution in [2.45, 2.75) is 13.0 Å². The normalized spacial score (nSPS) is 13.0. The first kappa shape index (κ1) is 12.4. The van der Waals surface area contributed by atoms with Gasteiger partial charge in [0.2, 0.25) is 0 Å². The Morgan fingerprint density at radius 1 is 1.44 bits per heavy atom. The van der Waals surface area contributed by atoms with Crippen molar-refractivity contribution >= 4 is 43.2 Å². The van der Waals surface area contributed by atoms with E-state index in [4.69, 9.17) is 4.42 Å². The summed E-state index contributed by atoms with van der Waals surface area (Å²) in [4.78, 5) is 2.56. The smallest absolute Gasteiger partial charge is 0.174 e. The van der Waals surface area contributed by atoms with Crippen LogP contribution in [0.15, 0.2) is 32.0 Å². The summed E-state index contributed by atoms with van der Waals surface area (Å²) in [5.74, 6) is 0. The van der Waals surface area contributed by atoms with Crippen molar-refractivity contribution in [3.05, 3.63) is 42.9 Å². The minimum Gasteiger partial charge on any atom is -0.457 e. The van der Waals surface area contributed by atoms with Gasteiger partial charge in [0, 0.05) is 19.8 Å². The summed E-state index contributed by atoms with van der Waals surface area (Å²) in [6.07, 6.45) is 1.69. The average molecular weight is 365 g/mol. The second kappa shape index (κ2) is 5.04. The molecule has 0 aromatic carbocycles. The Morgan fingerprint density at radius 3 is 2.62 bits per heavy atom. The van der Waals surface area contributed by atoms with Crippen LogP contribution >= 0.6 is 43.2 Å². The van der Waals surface area contributed by atoms with E-state index < -0.39 is 0 Å². The summed E-state index contributed by atoms with van der Waals surface area (Å²) in [6, 6.07) is 4.27. The summed E-state index contributed by atoms with van der Waals surface area (Å²) in [6.45, 7) is 2.11. The number of thiophene rings is 1. The minimum absolute atomic E-state index is 0.154. The molecule has 1 unspecified atom stereocenters. The van der Waals surface area contributed by atoms with Gasteiger partial charge < -0.3 is 9.73 Å². The topological polar surface area (TPSA) is 25.2 Å². The molecule has 0 saturated heterocycles. The molecule has 2 heterocycles. The van der Waals surface area contributed by atoms with E-state index in [1.54, 1.807) is 17.6 Å². The van der Waals surface area contributed by atoms with Crippen LogP contribution in [0.2, 0.25) is 0 Å². The number of rotatable bonds is 3. The fraction of sp³-hybridized carbons (Fsp3) is 0.273. The van der Waals surface area contributed by atoms with Crippen LogP contribution in [-0.4, -0.2) is 7.05 Å². The third kappa shape index (κ3) is 2.27. The highest BCUT2D eigenvalue weighted by Crippen LogP contribution is 2.37. The second-order valence-electron chi connectivity index (χ2n) is 3.44. The molecule has 1 N–H and O–H groups in total. The second-order valence-corrected chi connectivity index (χ2v) is 6.30. The van der Waals surface area contributed by atoms with Gasteiger partial charge >= 0.3 is 0 Å². The molecular weight excluding hydrogens is 354 g/mol. The minimum atomic E-state index is 0.154. The van der Waals surface area contributed by atoms with Crippen LogP contribution in [0.5, 0.6) is 0 Å². The van der Waals surface area contributed by atoms with Crippen LogP contribution < -0.4 is 5.32 Å². The van der Waals surface area contributed by atoms with Crippen LogP contribution in [0.4, 0.5) is 0 Å². The van der Waals surface area contributed by atoms with E-state index in [9.17, 15) is 0 Å². The molecule has 0 aliphatic heterocycles. The van der Waals surface area contributed by atoms with E-state index >= 15 is 0 Å². The monoisotopic (exact) mass is 363 g/mol. The lowest BCUT2D eigenvalue weighted by Gasteiger charge is -2.14. The van der Waals surface area contributed by atoms with Crippen molar-refractivity contribution in [1.82, 2.24) is 5.32 Å². The third-order valence-corrected chi connectivity index (χ3v) is 5.02. The summed E-state index contributed by atoms with van der Waals surface area (Å²) < 4.78 is 7.20. The first-order valence-corrected chi connectivity index (χ1v) is 7.19. The molecule has 0 bridgehead atoms. The molecule has 2 nitrogen and oxygen atoms in total. The maximum Gasteiger partial charge on any atom is 0.174 e. The van der Waals surface area contributed by atoms with Crippen molar-refractivity contribution in [3.63, 3.8) is 0 Å². The highest BCUT2D eigenvalue weighted by Gasteiger charge is 2.21. The Bertz CT molecular complexity index is 492. The standard InChI is InChI=1S/C11H11Br2NOS/c1-6-5-8(12)10(16-6)9(14-2)7-3-4-15-11(7)13/h3-5,9,14H,1-2H3. The van der Waals surface area contributed by atoms with E-state index in [0.29, 0.717) is 0 Å². The SMILES string of the molecule is CNC(c1ccoc1Br)c1sc(C)cc1Br. The number of aryl methyl sites for hydroxylation is 1. The molecule has 5 heteroatoms. The number of furan rings is 1. The van der Waals surface area contributed by atoms with Crippen LogP contribution in [0.25, 0.3) is 0 Å². The summed E-state index contributed by atoms with van der Waals surface area (Å²) in [5.41, 5.74) is 1.12. The van der Waals surface area contributed by atoms with E-state index in [-0.39, 0.29) is 6.04 Å². The van der Waals surface area contributed by atoms with Crippen LogP contribution in [0, 0.1) is 6.92 Å². The fourth-order valence-corrected chi connectivity index (χ4v) is 4.11. The van der Waals surface area contributed by atoms with Crippen molar-refractivity contribution in [3.8, 4) is 0 Å². The van der Waals surface area contributed by atoms with Crippen LogP contribution in [0.1, 0.15) is 21.4 Å². The van der Waals surface area contributed by atoms with E-state index in [2.05, 4.69) is 50.2 Å². The molecule has 2 aromatic heterocycles. The van der Waals surface area contributed by atoms with E-state index in [1.807, 2.05) is 13.1 Å². The average Bonchev–Trinajstić information content (AvgIpc) is 2.77. The Labute approximate surface area is 115 Å². The van der Waals surface area contributed by atoms with Gasteiger partial charge in [0.1, 0.15) is 0 Å². The quantitative estimate of drug-likeness (QED) is 0.868. The lowest BCUT2D eigenvalue weighted by molar-refractivity contribution is 0.530. The number of halogens is 2. The lowest BCUT2D eigenvalue weighted by atomic mass is 10.1. The van der Waals surface area contributed by atoms with Gasteiger partial charge in [0.15, 0.2) is 4.67 Å². The Hall–Kier alpha value is -0.100. The molecule has 0 fully saturated rings. The van der Waals surface area contributed by atoms with Gasteiger partial charge in [-0.2, -0.15) is 0 Å². The number of hydrogen-bond donors (Lipinski definition) is 1. The van der Waals surface area contributed by atoms with Crippen molar-refractivity contribution in [2.75, 3.05) is 7.05 Å². The molecule has 2 aromatic rings. The molecule has 0 aliphatic rings.